The molecule has 2 fully saturated rings. The van der Waals surface area contributed by atoms with Crippen molar-refractivity contribution in [2.45, 2.75) is 77.7 Å². The van der Waals surface area contributed by atoms with Crippen molar-refractivity contribution in [3.05, 3.63) is 10.6 Å². The van der Waals surface area contributed by atoms with Crippen LogP contribution in [0.15, 0.2) is 0 Å². The molecule has 2 heterocycles. The van der Waals surface area contributed by atoms with Gasteiger partial charge < -0.3 is 20.4 Å². The van der Waals surface area contributed by atoms with Crippen molar-refractivity contribution < 1.29 is 19.8 Å². The van der Waals surface area contributed by atoms with Gasteiger partial charge in [0.15, 0.2) is 5.13 Å². The van der Waals surface area contributed by atoms with Gasteiger partial charge >= 0.3 is 0 Å². The summed E-state index contributed by atoms with van der Waals surface area (Å²) in [6.45, 7) is 7.21. The molecular formula is C23H35N3O4S. The summed E-state index contributed by atoms with van der Waals surface area (Å²) in [5.41, 5.74) is 0.0426. The standard InChI is InChI=1S/C23H35N3O4S/c1-14(28)24-21-25-20-15(11-19(30)26-9-5-4-6-10-26)22(2)8-7-18(29)23(3,13-27)17(22)12-16(20)31-21/h15,17-18,27,29H,4-13H2,1-3H3,(H,24,25,28)/t15-,17-,18-,22+,23+/m1/s1. The number of rotatable bonds is 4. The van der Waals surface area contributed by atoms with Crippen LogP contribution in [0, 0.1) is 16.7 Å². The van der Waals surface area contributed by atoms with Gasteiger partial charge in [-0.1, -0.05) is 13.8 Å². The fraction of sp³-hybridized carbons (Fsp3) is 0.783. The van der Waals surface area contributed by atoms with Gasteiger partial charge in [-0.05, 0) is 49.9 Å². The number of aliphatic hydroxyl groups excluding tert-OH is 2. The Bertz CT molecular complexity index is 852. The number of anilines is 1. The lowest BCUT2D eigenvalue weighted by atomic mass is 9.47. The lowest BCUT2D eigenvalue weighted by Gasteiger charge is -2.58. The fourth-order valence-electron chi connectivity index (χ4n) is 6.30. The molecule has 1 aliphatic heterocycles. The minimum atomic E-state index is -0.630. The molecule has 3 aliphatic rings. The number of carbonyl (C=O) groups excluding carboxylic acids is 2. The van der Waals surface area contributed by atoms with Gasteiger partial charge in [0.25, 0.3) is 0 Å². The third kappa shape index (κ3) is 3.91. The Hall–Kier alpha value is -1.51. The van der Waals surface area contributed by atoms with E-state index in [-0.39, 0.29) is 35.7 Å². The number of hydrogen-bond acceptors (Lipinski definition) is 6. The molecule has 31 heavy (non-hydrogen) atoms. The zero-order chi connectivity index (χ0) is 22.4. The highest BCUT2D eigenvalue weighted by Crippen LogP contribution is 2.62. The second kappa shape index (κ2) is 8.45. The monoisotopic (exact) mass is 449 g/mol. The Morgan fingerprint density at radius 3 is 2.61 bits per heavy atom. The molecule has 1 aromatic heterocycles. The van der Waals surface area contributed by atoms with E-state index in [4.69, 9.17) is 4.98 Å². The molecule has 2 aliphatic carbocycles. The number of likely N-dealkylation sites (tertiary alicyclic amines) is 1. The van der Waals surface area contributed by atoms with Crippen molar-refractivity contribution in [2.24, 2.45) is 16.7 Å². The van der Waals surface area contributed by atoms with Crippen LogP contribution in [0.2, 0.25) is 0 Å². The van der Waals surface area contributed by atoms with E-state index in [0.717, 1.165) is 42.9 Å². The highest BCUT2D eigenvalue weighted by molar-refractivity contribution is 7.15. The molecule has 5 atom stereocenters. The van der Waals surface area contributed by atoms with Gasteiger partial charge in [-0.25, -0.2) is 4.98 Å². The summed E-state index contributed by atoms with van der Waals surface area (Å²) in [4.78, 5) is 32.8. The second-order valence-electron chi connectivity index (χ2n) is 10.2. The van der Waals surface area contributed by atoms with Crippen molar-refractivity contribution in [1.29, 1.82) is 0 Å². The fourth-order valence-corrected chi connectivity index (χ4v) is 7.41. The molecule has 0 spiro atoms. The topological polar surface area (TPSA) is 103 Å². The number of nitrogens with zero attached hydrogens (tertiary/aromatic N) is 2. The van der Waals surface area contributed by atoms with Gasteiger partial charge in [0.05, 0.1) is 18.4 Å². The van der Waals surface area contributed by atoms with Crippen LogP contribution in [0.25, 0.3) is 0 Å². The molecule has 0 aromatic carbocycles. The molecule has 7 nitrogen and oxygen atoms in total. The molecule has 1 aromatic rings. The lowest BCUT2D eigenvalue weighted by molar-refractivity contribution is -0.147. The van der Waals surface area contributed by atoms with E-state index in [1.165, 1.54) is 24.7 Å². The smallest absolute Gasteiger partial charge is 0.223 e. The van der Waals surface area contributed by atoms with E-state index < -0.39 is 11.5 Å². The van der Waals surface area contributed by atoms with Crippen LogP contribution in [0.3, 0.4) is 0 Å². The SMILES string of the molecule is CC(=O)Nc1nc2c(s1)C[C@H]1[C@](C)(CO)[C@H](O)CC[C@@]1(C)[C@@H]2CC(=O)N1CCCCC1. The van der Waals surface area contributed by atoms with Crippen LogP contribution in [0.5, 0.6) is 0 Å². The van der Waals surface area contributed by atoms with E-state index >= 15 is 0 Å². The van der Waals surface area contributed by atoms with E-state index in [9.17, 15) is 19.8 Å². The third-order valence-corrected chi connectivity index (χ3v) is 9.27. The van der Waals surface area contributed by atoms with Crippen LogP contribution < -0.4 is 5.32 Å². The largest absolute Gasteiger partial charge is 0.396 e. The van der Waals surface area contributed by atoms with Crippen LogP contribution in [-0.2, 0) is 16.0 Å². The van der Waals surface area contributed by atoms with E-state index in [1.54, 1.807) is 0 Å². The van der Waals surface area contributed by atoms with E-state index in [2.05, 4.69) is 12.2 Å². The Balaban J connectivity index is 1.73. The quantitative estimate of drug-likeness (QED) is 0.656. The van der Waals surface area contributed by atoms with Crippen molar-refractivity contribution in [1.82, 2.24) is 9.88 Å². The maximum absolute atomic E-state index is 13.3. The second-order valence-corrected chi connectivity index (χ2v) is 11.3. The lowest BCUT2D eigenvalue weighted by Crippen LogP contribution is -2.57. The molecule has 3 N–H and O–H groups in total. The van der Waals surface area contributed by atoms with Crippen LogP contribution in [-0.4, -0.2) is 57.7 Å². The molecule has 2 amide bonds. The molecule has 0 unspecified atom stereocenters. The average Bonchev–Trinajstić information content (AvgIpc) is 3.14. The van der Waals surface area contributed by atoms with Gasteiger partial charge in [-0.2, -0.15) is 0 Å². The normalized spacial score (nSPS) is 35.3. The Labute approximate surface area is 188 Å². The molecule has 172 valence electrons. The first kappa shape index (κ1) is 22.7. The zero-order valence-corrected chi connectivity index (χ0v) is 19.6. The minimum absolute atomic E-state index is 0.0334. The number of fused-ring (bicyclic) bond motifs is 2. The number of thiazole rings is 1. The van der Waals surface area contributed by atoms with Gasteiger partial charge in [0, 0.05) is 42.6 Å². The van der Waals surface area contributed by atoms with Crippen molar-refractivity contribution >= 4 is 28.3 Å². The predicted molar refractivity (Wildman–Crippen MR) is 120 cm³/mol. The van der Waals surface area contributed by atoms with Crippen LogP contribution in [0.4, 0.5) is 5.13 Å². The number of amides is 2. The summed E-state index contributed by atoms with van der Waals surface area (Å²) >= 11 is 1.47. The highest BCUT2D eigenvalue weighted by atomic mass is 32.1. The highest BCUT2D eigenvalue weighted by Gasteiger charge is 2.59. The number of piperidine rings is 1. The summed E-state index contributed by atoms with van der Waals surface area (Å²) < 4.78 is 0. The van der Waals surface area contributed by atoms with Crippen LogP contribution in [0.1, 0.15) is 75.8 Å². The minimum Gasteiger partial charge on any atom is -0.396 e. The summed E-state index contributed by atoms with van der Waals surface area (Å²) in [7, 11) is 0. The molecule has 8 heteroatoms. The Kier molecular flexibility index (Phi) is 6.18. The molecule has 1 saturated heterocycles. The number of aliphatic hydroxyl groups is 2. The predicted octanol–water partition coefficient (Wildman–Crippen LogP) is 2.92. The van der Waals surface area contributed by atoms with Crippen molar-refractivity contribution in [3.8, 4) is 0 Å². The summed E-state index contributed by atoms with van der Waals surface area (Å²) in [6, 6.07) is 0. The number of nitrogens with one attached hydrogen (secondary N) is 1. The molecule has 1 saturated carbocycles. The maximum Gasteiger partial charge on any atom is 0.223 e. The van der Waals surface area contributed by atoms with Crippen molar-refractivity contribution in [2.75, 3.05) is 25.0 Å². The van der Waals surface area contributed by atoms with Crippen LogP contribution >= 0.6 is 11.3 Å². The first-order valence-corrected chi connectivity index (χ1v) is 12.3. The zero-order valence-electron chi connectivity index (χ0n) is 18.8. The van der Waals surface area contributed by atoms with Gasteiger partial charge in [0.1, 0.15) is 0 Å². The first-order chi connectivity index (χ1) is 14.7. The van der Waals surface area contributed by atoms with Crippen molar-refractivity contribution in [3.63, 3.8) is 0 Å². The third-order valence-electron chi connectivity index (χ3n) is 8.26. The molecule has 0 radical (unpaired) electrons. The van der Waals surface area contributed by atoms with Gasteiger partial charge in [-0.3, -0.25) is 9.59 Å². The number of carbonyl (C=O) groups is 2. The molecule has 4 rings (SSSR count). The number of hydrogen-bond donors (Lipinski definition) is 3. The van der Waals surface area contributed by atoms with E-state index in [1.807, 2.05) is 11.8 Å². The molecular weight excluding hydrogens is 414 g/mol. The van der Waals surface area contributed by atoms with E-state index in [0.29, 0.717) is 24.4 Å². The summed E-state index contributed by atoms with van der Waals surface area (Å²) in [5, 5.41) is 24.5. The van der Waals surface area contributed by atoms with Gasteiger partial charge in [0.2, 0.25) is 11.8 Å². The Morgan fingerprint density at radius 1 is 1.26 bits per heavy atom. The maximum atomic E-state index is 13.3. The summed E-state index contributed by atoms with van der Waals surface area (Å²) in [5.74, 6) is -0.0476. The number of aromatic nitrogens is 1. The van der Waals surface area contributed by atoms with Gasteiger partial charge in [-0.15, -0.1) is 11.3 Å². The summed E-state index contributed by atoms with van der Waals surface area (Å²) in [6.07, 6.45) is 5.20. The Morgan fingerprint density at radius 2 is 1.97 bits per heavy atom. The molecule has 0 bridgehead atoms. The first-order valence-electron chi connectivity index (χ1n) is 11.5. The average molecular weight is 450 g/mol.